The van der Waals surface area contributed by atoms with E-state index < -0.39 is 10.6 Å². The van der Waals surface area contributed by atoms with Gasteiger partial charge in [-0.2, -0.15) is 0 Å². The van der Waals surface area contributed by atoms with Gasteiger partial charge in [-0.25, -0.2) is 0 Å². The molecule has 1 amide bonds. The molecule has 1 atom stereocenters. The lowest BCUT2D eigenvalue weighted by atomic mass is 10.00. The molecule has 0 saturated heterocycles. The predicted molar refractivity (Wildman–Crippen MR) is 79.4 cm³/mol. The Hall–Kier alpha value is -1.69. The minimum absolute atomic E-state index is 0.0676. The summed E-state index contributed by atoms with van der Waals surface area (Å²) in [4.78, 5) is 12.0. The normalized spacial score (nSPS) is 15.7. The highest BCUT2D eigenvalue weighted by molar-refractivity contribution is 7.59. The largest absolute Gasteiger partial charge is 0.425 e. The Balaban J connectivity index is 0.000000491. The zero-order chi connectivity index (χ0) is 15.7. The molecule has 6 heteroatoms. The van der Waals surface area contributed by atoms with Crippen LogP contribution in [0.5, 0.6) is 0 Å². The van der Waals surface area contributed by atoms with Gasteiger partial charge in [0, 0.05) is 12.0 Å². The van der Waals surface area contributed by atoms with Crippen LogP contribution in [-0.2, 0) is 21.8 Å². The monoisotopic (exact) mass is 311 g/mol. The molecule has 0 radical (unpaired) electrons. The Labute approximate surface area is 126 Å². The fourth-order valence-electron chi connectivity index (χ4n) is 2.47. The summed E-state index contributed by atoms with van der Waals surface area (Å²) >= 11 is 0. The molecule has 0 heterocycles. The van der Waals surface area contributed by atoms with Gasteiger partial charge >= 0.3 is 10.6 Å². The average molecular weight is 311 g/mol. The Morgan fingerprint density at radius 3 is 2.24 bits per heavy atom. The smallest absolute Gasteiger partial charge is 0.353 e. The molecule has 0 bridgehead atoms. The highest BCUT2D eigenvalue weighted by atomic mass is 32.2. The molecule has 1 fully saturated rings. The van der Waals surface area contributed by atoms with Crippen molar-refractivity contribution in [1.29, 1.82) is 0 Å². The second-order valence-electron chi connectivity index (χ2n) is 5.28. The van der Waals surface area contributed by atoms with Gasteiger partial charge in [0.2, 0.25) is 5.91 Å². The van der Waals surface area contributed by atoms with Crippen LogP contribution >= 0.6 is 0 Å². The van der Waals surface area contributed by atoms with E-state index in [9.17, 15) is 4.79 Å². The van der Waals surface area contributed by atoms with Crippen molar-refractivity contribution in [3.8, 4) is 0 Å². The maximum Gasteiger partial charge on any atom is 0.425 e. The summed E-state index contributed by atoms with van der Waals surface area (Å²) in [5.74, 6) is 0.277. The molecule has 1 aliphatic carbocycles. The van der Waals surface area contributed by atoms with Crippen LogP contribution in [0.25, 0.3) is 0 Å². The molecular formula is C15H21NO4S. The third-order valence-electron chi connectivity index (χ3n) is 3.53. The Morgan fingerprint density at radius 2 is 1.71 bits per heavy atom. The molecule has 1 aliphatic rings. The molecule has 5 nitrogen and oxygen atoms in total. The van der Waals surface area contributed by atoms with E-state index in [1.54, 1.807) is 0 Å². The summed E-state index contributed by atoms with van der Waals surface area (Å²) in [6, 6.07) is 10.7. The van der Waals surface area contributed by atoms with Crippen molar-refractivity contribution in [1.82, 2.24) is 5.32 Å². The average Bonchev–Trinajstić information content (AvgIpc) is 2.92. The lowest BCUT2D eigenvalue weighted by molar-refractivity contribution is -0.125. The van der Waals surface area contributed by atoms with Gasteiger partial charge in [0.25, 0.3) is 0 Å². The molecular weight excluding hydrogens is 290 g/mol. The molecule has 1 aromatic carbocycles. The summed E-state index contributed by atoms with van der Waals surface area (Å²) in [5, 5.41) is 3.16. The van der Waals surface area contributed by atoms with Crippen LogP contribution in [0, 0.1) is 5.92 Å². The molecule has 0 aliphatic heterocycles. The van der Waals surface area contributed by atoms with Crippen molar-refractivity contribution in [2.24, 2.45) is 5.92 Å². The van der Waals surface area contributed by atoms with Crippen molar-refractivity contribution < 1.29 is 17.4 Å². The van der Waals surface area contributed by atoms with Gasteiger partial charge in [0.15, 0.2) is 0 Å². The Bertz CT molecular complexity index is 529. The van der Waals surface area contributed by atoms with Gasteiger partial charge in [-0.1, -0.05) is 50.1 Å². The van der Waals surface area contributed by atoms with E-state index in [-0.39, 0.29) is 11.8 Å². The lowest BCUT2D eigenvalue weighted by Crippen LogP contribution is -2.37. The van der Waals surface area contributed by atoms with E-state index in [4.69, 9.17) is 12.6 Å². The first-order valence-corrected chi connectivity index (χ1v) is 8.10. The van der Waals surface area contributed by atoms with E-state index in [0.29, 0.717) is 6.04 Å². The zero-order valence-corrected chi connectivity index (χ0v) is 12.9. The number of hydrogen-bond donors (Lipinski definition) is 1. The summed E-state index contributed by atoms with van der Waals surface area (Å²) in [6.45, 7) is 2.01. The first-order chi connectivity index (χ1) is 9.99. The van der Waals surface area contributed by atoms with Gasteiger partial charge < -0.3 is 5.32 Å². The van der Waals surface area contributed by atoms with Gasteiger partial charge in [0.05, 0.1) is 0 Å². The van der Waals surface area contributed by atoms with Gasteiger partial charge in [-0.3, -0.25) is 4.79 Å². The topological polar surface area (TPSA) is 80.3 Å². The highest BCUT2D eigenvalue weighted by Crippen LogP contribution is 2.18. The molecule has 0 unspecified atom stereocenters. The van der Waals surface area contributed by atoms with Crippen molar-refractivity contribution in [3.63, 3.8) is 0 Å². The number of carbonyl (C=O) groups is 1. The number of carbonyl (C=O) groups excluding carboxylic acids is 1. The fraction of sp³-hybridized carbons (Fsp3) is 0.533. The first kappa shape index (κ1) is 17.4. The van der Waals surface area contributed by atoms with Gasteiger partial charge in [-0.05, 0) is 24.8 Å². The van der Waals surface area contributed by atoms with Crippen LogP contribution in [0.3, 0.4) is 0 Å². The van der Waals surface area contributed by atoms with Crippen molar-refractivity contribution in [2.75, 3.05) is 0 Å². The van der Waals surface area contributed by atoms with E-state index >= 15 is 0 Å². The van der Waals surface area contributed by atoms with Gasteiger partial charge in [-0.15, -0.1) is 12.6 Å². The molecule has 1 saturated carbocycles. The predicted octanol–water partition coefficient (Wildman–Crippen LogP) is 1.92. The second-order valence-corrected chi connectivity index (χ2v) is 5.69. The maximum atomic E-state index is 12.0. The molecule has 0 aromatic heterocycles. The van der Waals surface area contributed by atoms with E-state index in [0.717, 1.165) is 19.3 Å². The minimum atomic E-state index is -3.11. The van der Waals surface area contributed by atoms with Crippen LogP contribution in [-0.4, -0.2) is 24.6 Å². The summed E-state index contributed by atoms with van der Waals surface area (Å²) in [7, 11) is -3.11. The molecule has 21 heavy (non-hydrogen) atoms. The summed E-state index contributed by atoms with van der Waals surface area (Å²) in [5.41, 5.74) is 1.24. The summed E-state index contributed by atoms with van der Waals surface area (Å²) in [6.07, 6.45) is 5.67. The molecule has 116 valence electrons. The quantitative estimate of drug-likeness (QED) is 0.921. The number of rotatable bonds is 4. The fourth-order valence-corrected chi connectivity index (χ4v) is 2.47. The standard InChI is InChI=1S/C15H21NO.O3S/c1-12(11-13-7-3-2-4-8-13)15(17)16-14-9-5-6-10-14;1-4(2)3/h2-4,7-8,12,14H,5-6,9-11H2,1H3,(H,16,17);/t12-;/m0./s1. The van der Waals surface area contributed by atoms with Crippen LogP contribution in [0.4, 0.5) is 0 Å². The lowest BCUT2D eigenvalue weighted by Gasteiger charge is -2.16. The minimum Gasteiger partial charge on any atom is -0.353 e. The highest BCUT2D eigenvalue weighted by Gasteiger charge is 2.20. The number of benzene rings is 1. The van der Waals surface area contributed by atoms with Gasteiger partial charge in [0.1, 0.15) is 0 Å². The molecule has 2 rings (SSSR count). The van der Waals surface area contributed by atoms with Crippen LogP contribution in [0.2, 0.25) is 0 Å². The van der Waals surface area contributed by atoms with Crippen LogP contribution in [0.15, 0.2) is 30.3 Å². The molecule has 1 aromatic rings. The zero-order valence-electron chi connectivity index (χ0n) is 12.1. The maximum absolute atomic E-state index is 12.0. The third-order valence-corrected chi connectivity index (χ3v) is 3.53. The first-order valence-electron chi connectivity index (χ1n) is 7.10. The number of nitrogens with one attached hydrogen (secondary N) is 1. The van der Waals surface area contributed by atoms with E-state index in [1.807, 2.05) is 25.1 Å². The van der Waals surface area contributed by atoms with Crippen LogP contribution < -0.4 is 5.32 Å². The molecule has 1 N–H and O–H groups in total. The Morgan fingerprint density at radius 1 is 1.19 bits per heavy atom. The van der Waals surface area contributed by atoms with Crippen molar-refractivity contribution >= 4 is 16.5 Å². The summed E-state index contributed by atoms with van der Waals surface area (Å²) < 4.78 is 25.3. The van der Waals surface area contributed by atoms with E-state index in [2.05, 4.69) is 17.4 Å². The van der Waals surface area contributed by atoms with Crippen LogP contribution in [0.1, 0.15) is 38.2 Å². The number of hydrogen-bond acceptors (Lipinski definition) is 4. The second kappa shape index (κ2) is 9.28. The molecule has 0 spiro atoms. The SMILES string of the molecule is C[C@@H](Cc1ccccc1)C(=O)NC1CCCC1.O=S(=O)=O. The Kier molecular flexibility index (Phi) is 7.68. The van der Waals surface area contributed by atoms with Crippen molar-refractivity contribution in [2.45, 2.75) is 45.1 Å². The van der Waals surface area contributed by atoms with Crippen molar-refractivity contribution in [3.05, 3.63) is 35.9 Å². The van der Waals surface area contributed by atoms with E-state index in [1.165, 1.54) is 18.4 Å². The number of amides is 1. The third kappa shape index (κ3) is 7.60.